The summed E-state index contributed by atoms with van der Waals surface area (Å²) in [6.07, 6.45) is 5.66. The third kappa shape index (κ3) is 6.49. The molecule has 2 amide bonds. The van der Waals surface area contributed by atoms with Crippen molar-refractivity contribution in [3.63, 3.8) is 0 Å². The van der Waals surface area contributed by atoms with E-state index < -0.39 is 0 Å². The first-order valence-corrected chi connectivity index (χ1v) is 17.2. The van der Waals surface area contributed by atoms with Crippen LogP contribution < -0.4 is 10.2 Å². The van der Waals surface area contributed by atoms with Crippen molar-refractivity contribution in [1.29, 1.82) is 0 Å². The predicted octanol–water partition coefficient (Wildman–Crippen LogP) is 7.60. The molecule has 4 aromatic rings. The number of nitrogens with zero attached hydrogens (tertiary/aromatic N) is 5. The summed E-state index contributed by atoms with van der Waals surface area (Å²) in [4.78, 5) is 25.9. The molecule has 7 nitrogen and oxygen atoms in total. The van der Waals surface area contributed by atoms with Crippen LogP contribution in [-0.2, 0) is 19.5 Å². The zero-order valence-corrected chi connectivity index (χ0v) is 27.6. The van der Waals surface area contributed by atoms with Crippen LogP contribution in [0.5, 0.6) is 0 Å². The Morgan fingerprint density at radius 3 is 2.39 bits per heavy atom. The standard InChI is InChI=1S/C39H48N6O/c1-28-15-17-32(18-16-28)41-39(46)44(33-13-8-5-9-14-33)21-10-20-43-34-23-29(2)38(43)25-35(24-34)45-30(3)40-36-27-42(22-19-37(36)45)26-31-11-6-4-7-12-31/h4-9,11-18,29,34-35,38H,10,19-27H2,1-3H3,(H,41,46)/t29-,34+,35-,38+/m1/s1. The van der Waals surface area contributed by atoms with Crippen molar-refractivity contribution in [3.05, 3.63) is 113 Å². The molecule has 0 aliphatic carbocycles. The van der Waals surface area contributed by atoms with Crippen LogP contribution in [0.4, 0.5) is 16.2 Å². The van der Waals surface area contributed by atoms with E-state index in [4.69, 9.17) is 4.98 Å². The van der Waals surface area contributed by atoms with E-state index in [1.165, 1.54) is 47.6 Å². The SMILES string of the molecule is Cc1ccc(NC(=O)N(CCCN2[C@@H]3C[C@@H](n4c(C)nc5c4CCN(Cc4ccccc4)C5)C[C@H]2[C@H](C)C3)c2ccccc2)cc1. The first-order valence-electron chi connectivity index (χ1n) is 17.2. The molecule has 1 N–H and O–H groups in total. The van der Waals surface area contributed by atoms with Crippen LogP contribution >= 0.6 is 0 Å². The number of aryl methyl sites for hydroxylation is 2. The van der Waals surface area contributed by atoms with Gasteiger partial charge in [-0.2, -0.15) is 0 Å². The zero-order valence-electron chi connectivity index (χ0n) is 27.6. The van der Waals surface area contributed by atoms with Gasteiger partial charge in [0.25, 0.3) is 0 Å². The highest BCUT2D eigenvalue weighted by Gasteiger charge is 2.45. The minimum absolute atomic E-state index is 0.0761. The Hall–Kier alpha value is -3.94. The third-order valence-corrected chi connectivity index (χ3v) is 10.6. The van der Waals surface area contributed by atoms with Crippen LogP contribution in [0.1, 0.15) is 67.0 Å². The molecule has 7 heteroatoms. The lowest BCUT2D eigenvalue weighted by molar-refractivity contribution is 0.0955. The summed E-state index contributed by atoms with van der Waals surface area (Å²) in [5.74, 6) is 1.88. The lowest BCUT2D eigenvalue weighted by Gasteiger charge is -2.41. The topological polar surface area (TPSA) is 56.6 Å². The number of benzene rings is 3. The Balaban J connectivity index is 0.997. The molecule has 4 heterocycles. The van der Waals surface area contributed by atoms with Crippen LogP contribution in [0.15, 0.2) is 84.9 Å². The second kappa shape index (κ2) is 13.4. The van der Waals surface area contributed by atoms with E-state index in [2.05, 4.69) is 70.8 Å². The van der Waals surface area contributed by atoms with Crippen molar-refractivity contribution in [2.75, 3.05) is 29.9 Å². The second-order valence-corrected chi connectivity index (χ2v) is 13.8. The number of fused-ring (bicyclic) bond motifs is 3. The number of para-hydroxylation sites is 1. The second-order valence-electron chi connectivity index (χ2n) is 13.8. The Morgan fingerprint density at radius 1 is 0.913 bits per heavy atom. The lowest BCUT2D eigenvalue weighted by atomic mass is 9.94. The summed E-state index contributed by atoms with van der Waals surface area (Å²) in [7, 11) is 0. The number of carbonyl (C=O) groups excluding carboxylic acids is 1. The number of urea groups is 1. The summed E-state index contributed by atoms with van der Waals surface area (Å²) >= 11 is 0. The van der Waals surface area contributed by atoms with Gasteiger partial charge in [-0.15, -0.1) is 0 Å². The molecule has 4 atom stereocenters. The Bertz CT molecular complexity index is 1620. The molecule has 3 aromatic carbocycles. The fraction of sp³-hybridized carbons (Fsp3) is 0.436. The van der Waals surface area contributed by atoms with E-state index in [9.17, 15) is 4.79 Å². The maximum absolute atomic E-state index is 13.5. The highest BCUT2D eigenvalue weighted by molar-refractivity contribution is 6.01. The van der Waals surface area contributed by atoms with E-state index in [0.29, 0.717) is 30.6 Å². The van der Waals surface area contributed by atoms with Gasteiger partial charge in [0.05, 0.1) is 5.69 Å². The number of hydrogen-bond acceptors (Lipinski definition) is 4. The number of anilines is 2. The fourth-order valence-electron chi connectivity index (χ4n) is 8.42. The molecule has 2 bridgehead atoms. The smallest absolute Gasteiger partial charge is 0.326 e. The van der Waals surface area contributed by atoms with E-state index in [1.54, 1.807) is 0 Å². The Labute approximate surface area is 274 Å². The van der Waals surface area contributed by atoms with Crippen molar-refractivity contribution in [3.8, 4) is 0 Å². The molecule has 2 saturated heterocycles. The number of imidazole rings is 1. The van der Waals surface area contributed by atoms with Crippen LogP contribution in [0.3, 0.4) is 0 Å². The summed E-state index contributed by atoms with van der Waals surface area (Å²) in [5, 5.41) is 3.12. The molecule has 1 aromatic heterocycles. The monoisotopic (exact) mass is 616 g/mol. The van der Waals surface area contributed by atoms with Gasteiger partial charge in [-0.25, -0.2) is 9.78 Å². The Morgan fingerprint density at radius 2 is 1.65 bits per heavy atom. The molecule has 240 valence electrons. The summed E-state index contributed by atoms with van der Waals surface area (Å²) in [6, 6.07) is 30.5. The van der Waals surface area contributed by atoms with Gasteiger partial charge in [0, 0.05) is 74.3 Å². The van der Waals surface area contributed by atoms with Gasteiger partial charge in [-0.05, 0) is 75.3 Å². The maximum Gasteiger partial charge on any atom is 0.326 e. The minimum Gasteiger partial charge on any atom is -0.329 e. The summed E-state index contributed by atoms with van der Waals surface area (Å²) in [6.45, 7) is 11.4. The molecule has 0 unspecified atom stereocenters. The van der Waals surface area contributed by atoms with Crippen molar-refractivity contribution in [1.82, 2.24) is 19.4 Å². The van der Waals surface area contributed by atoms with Gasteiger partial charge in [0.1, 0.15) is 5.82 Å². The molecule has 3 aliphatic rings. The lowest BCUT2D eigenvalue weighted by Crippen LogP contribution is -2.46. The van der Waals surface area contributed by atoms with Crippen molar-refractivity contribution < 1.29 is 4.79 Å². The molecule has 46 heavy (non-hydrogen) atoms. The first kappa shape index (κ1) is 30.7. The fourth-order valence-corrected chi connectivity index (χ4v) is 8.42. The number of hydrogen-bond donors (Lipinski definition) is 1. The number of aromatic nitrogens is 2. The average Bonchev–Trinajstić information content (AvgIpc) is 3.48. The van der Waals surface area contributed by atoms with Crippen LogP contribution in [0.2, 0.25) is 0 Å². The normalized spacial score (nSPS) is 22.8. The van der Waals surface area contributed by atoms with E-state index in [1.807, 2.05) is 59.5 Å². The van der Waals surface area contributed by atoms with Gasteiger partial charge >= 0.3 is 6.03 Å². The quantitative estimate of drug-likeness (QED) is 0.210. The molecule has 0 radical (unpaired) electrons. The summed E-state index contributed by atoms with van der Waals surface area (Å²) < 4.78 is 2.64. The van der Waals surface area contributed by atoms with Gasteiger partial charge in [-0.1, -0.05) is 73.2 Å². The van der Waals surface area contributed by atoms with Gasteiger partial charge in [0.15, 0.2) is 0 Å². The maximum atomic E-state index is 13.5. The van der Waals surface area contributed by atoms with Gasteiger partial charge in [-0.3, -0.25) is 14.7 Å². The van der Waals surface area contributed by atoms with Crippen LogP contribution in [0.25, 0.3) is 0 Å². The van der Waals surface area contributed by atoms with Gasteiger partial charge < -0.3 is 9.88 Å². The van der Waals surface area contributed by atoms with E-state index >= 15 is 0 Å². The predicted molar refractivity (Wildman–Crippen MR) is 186 cm³/mol. The third-order valence-electron chi connectivity index (χ3n) is 10.6. The largest absolute Gasteiger partial charge is 0.329 e. The van der Waals surface area contributed by atoms with Crippen molar-refractivity contribution >= 4 is 17.4 Å². The molecule has 0 saturated carbocycles. The number of amides is 2. The van der Waals surface area contributed by atoms with Gasteiger partial charge in [0.2, 0.25) is 0 Å². The molecule has 2 fully saturated rings. The Kier molecular flexibility index (Phi) is 8.96. The molecule has 0 spiro atoms. The highest BCUT2D eigenvalue weighted by Crippen LogP contribution is 2.45. The van der Waals surface area contributed by atoms with Crippen molar-refractivity contribution in [2.24, 2.45) is 5.92 Å². The number of carbonyl (C=O) groups is 1. The van der Waals surface area contributed by atoms with Crippen LogP contribution in [-0.4, -0.2) is 57.1 Å². The number of rotatable bonds is 9. The number of piperidine rings is 1. The van der Waals surface area contributed by atoms with Crippen LogP contribution in [0, 0.1) is 19.8 Å². The average molecular weight is 617 g/mol. The zero-order chi connectivity index (χ0) is 31.6. The molecule has 3 aliphatic heterocycles. The first-order chi connectivity index (χ1) is 22.4. The number of nitrogens with one attached hydrogen (secondary N) is 1. The van der Waals surface area contributed by atoms with Crippen molar-refractivity contribution in [2.45, 2.75) is 84.1 Å². The molecular weight excluding hydrogens is 568 g/mol. The minimum atomic E-state index is -0.0761. The molecule has 7 rings (SSSR count). The highest BCUT2D eigenvalue weighted by atomic mass is 16.2. The molecular formula is C39H48N6O. The van der Waals surface area contributed by atoms with E-state index in [-0.39, 0.29) is 6.03 Å². The summed E-state index contributed by atoms with van der Waals surface area (Å²) in [5.41, 5.74) is 7.08. The van der Waals surface area contributed by atoms with E-state index in [0.717, 1.165) is 50.4 Å².